The molecule has 17 heavy (non-hydrogen) atoms. The first-order valence-corrected chi connectivity index (χ1v) is 6.14. The molecule has 0 unspecified atom stereocenters. The Bertz CT molecular complexity index is 346. The summed E-state index contributed by atoms with van der Waals surface area (Å²) in [6, 6.07) is 7.64. The summed E-state index contributed by atoms with van der Waals surface area (Å²) in [6.07, 6.45) is 0. The summed E-state index contributed by atoms with van der Waals surface area (Å²) in [5.74, 6) is 0.818. The molecule has 1 aromatic rings. The summed E-state index contributed by atoms with van der Waals surface area (Å²) >= 11 is 0. The van der Waals surface area contributed by atoms with Gasteiger partial charge in [0.15, 0.2) is 0 Å². The van der Waals surface area contributed by atoms with E-state index < -0.39 is 8.60 Å². The lowest BCUT2D eigenvalue weighted by atomic mass is 10.1. The standard InChI is InChI=1S/C12H17O4P/c1-10(9-16-17(14-3)15-4)11-5-7-12(13-2)8-6-11/h5-8H,1,9H2,2-4H3. The van der Waals surface area contributed by atoms with Crippen molar-refractivity contribution in [3.05, 3.63) is 36.4 Å². The molecule has 0 aliphatic carbocycles. The van der Waals surface area contributed by atoms with Gasteiger partial charge in [-0.15, -0.1) is 0 Å². The molecule has 0 fully saturated rings. The van der Waals surface area contributed by atoms with Gasteiger partial charge in [-0.2, -0.15) is 0 Å². The summed E-state index contributed by atoms with van der Waals surface area (Å²) in [7, 11) is 3.46. The van der Waals surface area contributed by atoms with Crippen molar-refractivity contribution < 1.29 is 18.3 Å². The van der Waals surface area contributed by atoms with Crippen LogP contribution in [0, 0.1) is 0 Å². The highest BCUT2D eigenvalue weighted by molar-refractivity contribution is 7.41. The molecule has 0 aliphatic heterocycles. The Balaban J connectivity index is 2.51. The third-order valence-corrected chi connectivity index (χ3v) is 3.08. The van der Waals surface area contributed by atoms with Crippen LogP contribution in [0.1, 0.15) is 5.56 Å². The second-order valence-corrected chi connectivity index (χ2v) is 4.63. The highest BCUT2D eigenvalue weighted by Gasteiger charge is 2.09. The predicted molar refractivity (Wildman–Crippen MR) is 68.9 cm³/mol. The average molecular weight is 256 g/mol. The van der Waals surface area contributed by atoms with Crippen molar-refractivity contribution in [2.45, 2.75) is 0 Å². The van der Waals surface area contributed by atoms with Gasteiger partial charge < -0.3 is 18.3 Å². The van der Waals surface area contributed by atoms with E-state index in [2.05, 4.69) is 6.58 Å². The molecule has 0 amide bonds. The van der Waals surface area contributed by atoms with E-state index in [1.54, 1.807) is 21.3 Å². The topological polar surface area (TPSA) is 36.9 Å². The summed E-state index contributed by atoms with van der Waals surface area (Å²) in [5.41, 5.74) is 1.88. The van der Waals surface area contributed by atoms with Crippen LogP contribution < -0.4 is 4.74 Å². The van der Waals surface area contributed by atoms with E-state index >= 15 is 0 Å². The molecule has 0 aromatic heterocycles. The van der Waals surface area contributed by atoms with Crippen molar-refractivity contribution in [2.24, 2.45) is 0 Å². The third kappa shape index (κ3) is 4.44. The quantitative estimate of drug-likeness (QED) is 0.702. The van der Waals surface area contributed by atoms with Gasteiger partial charge in [0.1, 0.15) is 5.75 Å². The van der Waals surface area contributed by atoms with Crippen LogP contribution in [-0.2, 0) is 13.6 Å². The van der Waals surface area contributed by atoms with Gasteiger partial charge in [-0.3, -0.25) is 0 Å². The predicted octanol–water partition coefficient (Wildman–Crippen LogP) is 3.24. The Morgan fingerprint density at radius 2 is 1.71 bits per heavy atom. The van der Waals surface area contributed by atoms with Gasteiger partial charge in [0.2, 0.25) is 0 Å². The largest absolute Gasteiger partial charge is 0.497 e. The zero-order chi connectivity index (χ0) is 12.7. The summed E-state index contributed by atoms with van der Waals surface area (Å²) in [6.45, 7) is 4.33. The average Bonchev–Trinajstić information content (AvgIpc) is 2.39. The Morgan fingerprint density at radius 3 is 2.18 bits per heavy atom. The number of hydrogen-bond acceptors (Lipinski definition) is 4. The summed E-state index contributed by atoms with van der Waals surface area (Å²) < 4.78 is 20.4. The minimum Gasteiger partial charge on any atom is -0.497 e. The fraction of sp³-hybridized carbons (Fsp3) is 0.333. The first-order valence-electron chi connectivity index (χ1n) is 5.04. The van der Waals surface area contributed by atoms with E-state index in [1.807, 2.05) is 24.3 Å². The van der Waals surface area contributed by atoms with Crippen molar-refractivity contribution in [1.29, 1.82) is 0 Å². The van der Waals surface area contributed by atoms with Crippen LogP contribution in [0.4, 0.5) is 0 Å². The van der Waals surface area contributed by atoms with Gasteiger partial charge in [-0.25, -0.2) is 0 Å². The summed E-state index contributed by atoms with van der Waals surface area (Å²) in [4.78, 5) is 0. The molecule has 0 radical (unpaired) electrons. The van der Waals surface area contributed by atoms with Crippen LogP contribution in [0.3, 0.4) is 0 Å². The molecule has 0 saturated heterocycles. The second kappa shape index (κ2) is 7.41. The van der Waals surface area contributed by atoms with Gasteiger partial charge in [0.05, 0.1) is 13.7 Å². The molecular weight excluding hydrogens is 239 g/mol. The molecule has 4 nitrogen and oxygen atoms in total. The molecule has 0 saturated carbocycles. The Hall–Kier alpha value is -0.930. The number of rotatable bonds is 7. The summed E-state index contributed by atoms with van der Waals surface area (Å²) in [5, 5.41) is 0. The van der Waals surface area contributed by atoms with E-state index in [4.69, 9.17) is 18.3 Å². The molecule has 0 N–H and O–H groups in total. The van der Waals surface area contributed by atoms with E-state index in [1.165, 1.54) is 0 Å². The fourth-order valence-corrected chi connectivity index (χ4v) is 1.84. The minimum atomic E-state index is -1.27. The molecule has 0 aliphatic rings. The fourth-order valence-electron chi connectivity index (χ4n) is 1.22. The van der Waals surface area contributed by atoms with Crippen molar-refractivity contribution in [2.75, 3.05) is 27.9 Å². The molecule has 0 heterocycles. The zero-order valence-corrected chi connectivity index (χ0v) is 11.2. The molecule has 94 valence electrons. The van der Waals surface area contributed by atoms with E-state index in [-0.39, 0.29) is 0 Å². The highest BCUT2D eigenvalue weighted by atomic mass is 31.2. The van der Waals surface area contributed by atoms with Crippen molar-refractivity contribution in [1.82, 2.24) is 0 Å². The smallest absolute Gasteiger partial charge is 0.332 e. The SMILES string of the molecule is C=C(COP(OC)OC)c1ccc(OC)cc1. The van der Waals surface area contributed by atoms with Gasteiger partial charge >= 0.3 is 8.60 Å². The normalized spacial score (nSPS) is 10.6. The maximum Gasteiger partial charge on any atom is 0.332 e. The van der Waals surface area contributed by atoms with Crippen LogP contribution in [0.25, 0.3) is 5.57 Å². The monoisotopic (exact) mass is 256 g/mol. The minimum absolute atomic E-state index is 0.375. The number of hydrogen-bond donors (Lipinski definition) is 0. The van der Waals surface area contributed by atoms with Gasteiger partial charge in [-0.05, 0) is 23.3 Å². The number of benzene rings is 1. The first kappa shape index (κ1) is 14.1. The third-order valence-electron chi connectivity index (χ3n) is 2.14. The molecule has 0 atom stereocenters. The van der Waals surface area contributed by atoms with Gasteiger partial charge in [-0.1, -0.05) is 18.7 Å². The molecule has 1 rings (SSSR count). The Kier molecular flexibility index (Phi) is 6.16. The Labute approximate surface area is 103 Å². The van der Waals surface area contributed by atoms with Crippen LogP contribution in [0.2, 0.25) is 0 Å². The van der Waals surface area contributed by atoms with Crippen LogP contribution in [-0.4, -0.2) is 27.9 Å². The highest BCUT2D eigenvalue weighted by Crippen LogP contribution is 2.38. The van der Waals surface area contributed by atoms with Crippen LogP contribution in [0.15, 0.2) is 30.8 Å². The molecule has 1 aromatic carbocycles. The molecular formula is C12H17O4P. The van der Waals surface area contributed by atoms with E-state index in [9.17, 15) is 0 Å². The first-order chi connectivity index (χ1) is 8.21. The van der Waals surface area contributed by atoms with Crippen LogP contribution in [0.5, 0.6) is 5.75 Å². The van der Waals surface area contributed by atoms with Gasteiger partial charge in [0, 0.05) is 14.2 Å². The van der Waals surface area contributed by atoms with Crippen LogP contribution >= 0.6 is 8.60 Å². The zero-order valence-electron chi connectivity index (χ0n) is 10.3. The number of methoxy groups -OCH3 is 1. The van der Waals surface area contributed by atoms with Gasteiger partial charge in [0.25, 0.3) is 0 Å². The maximum absolute atomic E-state index is 5.40. The van der Waals surface area contributed by atoms with E-state index in [0.29, 0.717) is 6.61 Å². The Morgan fingerprint density at radius 1 is 1.12 bits per heavy atom. The lowest BCUT2D eigenvalue weighted by Crippen LogP contribution is -1.95. The molecule has 5 heteroatoms. The number of ether oxygens (including phenoxy) is 1. The van der Waals surface area contributed by atoms with E-state index in [0.717, 1.165) is 16.9 Å². The van der Waals surface area contributed by atoms with Crippen molar-refractivity contribution in [3.63, 3.8) is 0 Å². The van der Waals surface area contributed by atoms with Crippen molar-refractivity contribution in [3.8, 4) is 5.75 Å². The second-order valence-electron chi connectivity index (χ2n) is 3.19. The van der Waals surface area contributed by atoms with Crippen molar-refractivity contribution >= 4 is 14.2 Å². The molecule has 0 bridgehead atoms. The maximum atomic E-state index is 5.40. The lowest BCUT2D eigenvalue weighted by Gasteiger charge is -2.13. The lowest BCUT2D eigenvalue weighted by molar-refractivity contribution is 0.225. The molecule has 0 spiro atoms.